The second kappa shape index (κ2) is 12.0. The van der Waals surface area contributed by atoms with Crippen molar-refractivity contribution in [2.45, 2.75) is 74.6 Å². The van der Waals surface area contributed by atoms with E-state index < -0.39 is 52.7 Å². The van der Waals surface area contributed by atoms with Crippen molar-refractivity contribution >= 4 is 10.1 Å². The molecule has 0 saturated heterocycles. The van der Waals surface area contributed by atoms with Gasteiger partial charge in [-0.25, -0.2) is 0 Å². The third-order valence-electron chi connectivity index (χ3n) is 3.52. The number of hydrogen-bond acceptors (Lipinski definition) is 3. The molecule has 0 aromatic rings. The fraction of sp³-hybridized carbons (Fsp3) is 0.867. The number of hydrogen-bond donors (Lipinski definition) is 2. The maximum absolute atomic E-state index is 13.3. The van der Waals surface area contributed by atoms with Crippen LogP contribution in [0.5, 0.6) is 0 Å². The van der Waals surface area contributed by atoms with Crippen LogP contribution < -0.4 is 5.73 Å². The van der Waals surface area contributed by atoms with Gasteiger partial charge >= 0.3 is 33.4 Å². The van der Waals surface area contributed by atoms with Gasteiger partial charge in [-0.2, -0.15) is 47.9 Å². The first kappa shape index (κ1) is 30.2. The topological polar surface area (TPSA) is 80.4 Å². The predicted molar refractivity (Wildman–Crippen MR) is 88.6 cm³/mol. The zero-order valence-electron chi connectivity index (χ0n) is 15.3. The number of unbranched alkanes of at least 4 members (excludes halogenated alkanes) is 5. The monoisotopic (exact) mass is 469 g/mol. The van der Waals surface area contributed by atoms with E-state index in [0.717, 1.165) is 0 Å². The largest absolute Gasteiger partial charge is 0.437 e. The first-order valence-electron chi connectivity index (χ1n) is 8.35. The van der Waals surface area contributed by atoms with Gasteiger partial charge in [0.25, 0.3) is 0 Å². The minimum atomic E-state index is -6.76. The van der Waals surface area contributed by atoms with Gasteiger partial charge in [-0.3, -0.25) is 4.55 Å². The van der Waals surface area contributed by atoms with Crippen LogP contribution in [0.15, 0.2) is 12.7 Å². The van der Waals surface area contributed by atoms with Crippen LogP contribution in [0.4, 0.5) is 39.5 Å². The number of alkyl halides is 9. The van der Waals surface area contributed by atoms with Crippen molar-refractivity contribution in [1.82, 2.24) is 0 Å². The Morgan fingerprint density at radius 3 is 1.45 bits per heavy atom. The van der Waals surface area contributed by atoms with E-state index in [2.05, 4.69) is 6.58 Å². The number of halogens is 9. The summed E-state index contributed by atoms with van der Waals surface area (Å²) in [5, 5.41) is -6.36. The normalized spacial score (nSPS) is 13.6. The zero-order valence-corrected chi connectivity index (χ0v) is 16.1. The molecule has 14 heteroatoms. The molecule has 0 bridgehead atoms. The van der Waals surface area contributed by atoms with Gasteiger partial charge in [0.15, 0.2) is 0 Å². The van der Waals surface area contributed by atoms with E-state index in [1.54, 1.807) is 6.08 Å². The first-order valence-corrected chi connectivity index (χ1v) is 9.79. The van der Waals surface area contributed by atoms with E-state index in [1.165, 1.54) is 0 Å². The molecule has 0 atom stereocenters. The highest BCUT2D eigenvalue weighted by atomic mass is 32.2. The average Bonchev–Trinajstić information content (AvgIpc) is 2.55. The average molecular weight is 469 g/mol. The molecule has 0 amide bonds. The Morgan fingerprint density at radius 2 is 1.14 bits per heavy atom. The van der Waals surface area contributed by atoms with E-state index in [9.17, 15) is 47.9 Å². The molecular weight excluding hydrogens is 445 g/mol. The molecular formula is C15H24F9NO3S. The van der Waals surface area contributed by atoms with Crippen molar-refractivity contribution in [3.8, 4) is 0 Å². The maximum atomic E-state index is 13.3. The molecule has 0 fully saturated rings. The summed E-state index contributed by atoms with van der Waals surface area (Å²) in [7, 11) is -6.76. The Kier molecular flexibility index (Phi) is 12.5. The highest BCUT2D eigenvalue weighted by Crippen LogP contribution is 2.50. The molecule has 0 aliphatic rings. The van der Waals surface area contributed by atoms with Gasteiger partial charge in [0.1, 0.15) is 0 Å². The third-order valence-corrected chi connectivity index (χ3v) is 4.42. The Balaban J connectivity index is 0. The molecule has 4 nitrogen and oxygen atoms in total. The lowest BCUT2D eigenvalue weighted by Crippen LogP contribution is -2.57. The summed E-state index contributed by atoms with van der Waals surface area (Å²) in [5.74, 6) is -11.7. The molecule has 0 saturated carbocycles. The van der Waals surface area contributed by atoms with Gasteiger partial charge in [0, 0.05) is 19.4 Å². The van der Waals surface area contributed by atoms with Crippen LogP contribution in [0.25, 0.3) is 0 Å². The van der Waals surface area contributed by atoms with Crippen LogP contribution in [0, 0.1) is 0 Å². The summed E-state index contributed by atoms with van der Waals surface area (Å²) in [6, 6.07) is 0. The Bertz CT molecular complexity index is 578. The van der Waals surface area contributed by atoms with E-state index >= 15 is 0 Å². The van der Waals surface area contributed by atoms with Crippen molar-refractivity contribution in [2.24, 2.45) is 5.73 Å². The fourth-order valence-corrected chi connectivity index (χ4v) is 2.38. The Labute approximate surface area is 163 Å². The summed E-state index contributed by atoms with van der Waals surface area (Å²) < 4.78 is 142. The second-order valence-corrected chi connectivity index (χ2v) is 7.49. The molecule has 0 unspecified atom stereocenters. The predicted octanol–water partition coefficient (Wildman–Crippen LogP) is 5.55. The molecule has 0 aromatic carbocycles. The van der Waals surface area contributed by atoms with Gasteiger partial charge < -0.3 is 5.73 Å². The molecule has 0 aliphatic carbocycles. The van der Waals surface area contributed by atoms with Crippen LogP contribution in [0.2, 0.25) is 0 Å². The quantitative estimate of drug-likeness (QED) is 0.170. The summed E-state index contributed by atoms with van der Waals surface area (Å²) in [6.45, 7) is 3.94. The van der Waals surface area contributed by atoms with Crippen LogP contribution in [-0.2, 0) is 10.1 Å². The summed E-state index contributed by atoms with van der Waals surface area (Å²) in [4.78, 5) is 0. The SMILES string of the molecule is C=CCN.O=S(=O)(O)C(F)(F)C(F)(F)C(F)(F)CCCCCCCCC(F)(F)F. The third kappa shape index (κ3) is 10.5. The van der Waals surface area contributed by atoms with Crippen LogP contribution in [-0.4, -0.2) is 42.8 Å². The molecule has 0 spiro atoms. The van der Waals surface area contributed by atoms with Crippen LogP contribution in [0.3, 0.4) is 0 Å². The minimum absolute atomic E-state index is 0.119. The fourth-order valence-electron chi connectivity index (χ4n) is 1.91. The Morgan fingerprint density at radius 1 is 0.793 bits per heavy atom. The second-order valence-electron chi connectivity index (χ2n) is 6.03. The molecule has 29 heavy (non-hydrogen) atoms. The summed E-state index contributed by atoms with van der Waals surface area (Å²) in [5.41, 5.74) is 4.91. The molecule has 0 radical (unpaired) electrons. The van der Waals surface area contributed by atoms with Gasteiger partial charge in [0.05, 0.1) is 0 Å². The van der Waals surface area contributed by atoms with Gasteiger partial charge in [0.2, 0.25) is 0 Å². The molecule has 0 rings (SSSR count). The van der Waals surface area contributed by atoms with Crippen molar-refractivity contribution in [3.63, 3.8) is 0 Å². The van der Waals surface area contributed by atoms with Crippen molar-refractivity contribution < 1.29 is 52.5 Å². The molecule has 0 aromatic heterocycles. The number of nitrogens with two attached hydrogens (primary N) is 1. The highest BCUT2D eigenvalue weighted by Gasteiger charge is 2.76. The van der Waals surface area contributed by atoms with Crippen molar-refractivity contribution in [1.29, 1.82) is 0 Å². The van der Waals surface area contributed by atoms with Gasteiger partial charge in [-0.1, -0.05) is 31.8 Å². The maximum Gasteiger partial charge on any atom is 0.437 e. The molecule has 176 valence electrons. The lowest BCUT2D eigenvalue weighted by atomic mass is 10.0. The van der Waals surface area contributed by atoms with Crippen molar-refractivity contribution in [2.75, 3.05) is 6.54 Å². The summed E-state index contributed by atoms with van der Waals surface area (Å²) in [6.07, 6.45) is -5.99. The van der Waals surface area contributed by atoms with E-state index in [1.807, 2.05) is 0 Å². The van der Waals surface area contributed by atoms with E-state index in [-0.39, 0.29) is 32.1 Å². The lowest BCUT2D eigenvalue weighted by molar-refractivity contribution is -0.282. The highest BCUT2D eigenvalue weighted by molar-refractivity contribution is 7.87. The van der Waals surface area contributed by atoms with Crippen molar-refractivity contribution in [3.05, 3.63) is 12.7 Å². The molecule has 0 aliphatic heterocycles. The van der Waals surface area contributed by atoms with Crippen LogP contribution >= 0.6 is 0 Å². The smallest absolute Gasteiger partial charge is 0.327 e. The first-order chi connectivity index (χ1) is 12.9. The summed E-state index contributed by atoms with van der Waals surface area (Å²) >= 11 is 0. The standard InChI is InChI=1S/C12H17F9O3S.C3H7N/c13-9(14,11(18,19)12(20,21)25(22,23)24)7-5-3-1-2-4-6-8-10(15,16)17;1-2-3-4/h1-8H2,(H,22,23,24);2H,1,3-4H2. The van der Waals surface area contributed by atoms with E-state index in [4.69, 9.17) is 10.3 Å². The lowest BCUT2D eigenvalue weighted by Gasteiger charge is -2.30. The number of rotatable bonds is 12. The minimum Gasteiger partial charge on any atom is -0.327 e. The van der Waals surface area contributed by atoms with E-state index in [0.29, 0.717) is 6.54 Å². The van der Waals surface area contributed by atoms with Gasteiger partial charge in [-0.05, 0) is 12.8 Å². The molecule has 0 heterocycles. The molecule has 3 N–H and O–H groups in total. The van der Waals surface area contributed by atoms with Crippen LogP contribution in [0.1, 0.15) is 51.4 Å². The Hall–Kier alpha value is -1.02. The zero-order chi connectivity index (χ0) is 23.6. The van der Waals surface area contributed by atoms with Gasteiger partial charge in [-0.15, -0.1) is 6.58 Å².